The topological polar surface area (TPSA) is 108 Å². The summed E-state index contributed by atoms with van der Waals surface area (Å²) in [7, 11) is 0. The SMILES string of the molecule is Cc1cc(-c2n[nH]c3cc(NC(=O)N[C@@H]4CCCc5ccncc54)ncc23)ccn1. The first-order valence-electron chi connectivity index (χ1n) is 9.95. The number of hydrogen-bond acceptors (Lipinski definition) is 5. The number of nitrogens with zero attached hydrogens (tertiary/aromatic N) is 4. The third-order valence-electron chi connectivity index (χ3n) is 5.42. The summed E-state index contributed by atoms with van der Waals surface area (Å²) in [6.45, 7) is 1.94. The largest absolute Gasteiger partial charge is 0.331 e. The first kappa shape index (κ1) is 18.2. The monoisotopic (exact) mass is 399 g/mol. The number of amides is 2. The van der Waals surface area contributed by atoms with Crippen molar-refractivity contribution in [3.05, 3.63) is 65.9 Å². The molecule has 2 amide bonds. The number of rotatable bonds is 3. The van der Waals surface area contributed by atoms with E-state index < -0.39 is 0 Å². The van der Waals surface area contributed by atoms with Gasteiger partial charge in [-0.15, -0.1) is 0 Å². The minimum absolute atomic E-state index is 0.0418. The van der Waals surface area contributed by atoms with Crippen molar-refractivity contribution in [1.29, 1.82) is 0 Å². The van der Waals surface area contributed by atoms with Crippen LogP contribution in [0.1, 0.15) is 35.7 Å². The van der Waals surface area contributed by atoms with Crippen LogP contribution in [0.25, 0.3) is 22.2 Å². The molecule has 1 aliphatic rings. The average Bonchev–Trinajstić information content (AvgIpc) is 3.17. The molecule has 150 valence electrons. The maximum absolute atomic E-state index is 12.6. The van der Waals surface area contributed by atoms with Gasteiger partial charge in [0.25, 0.3) is 0 Å². The molecule has 5 rings (SSSR count). The predicted molar refractivity (Wildman–Crippen MR) is 114 cm³/mol. The molecule has 4 heterocycles. The molecule has 0 unspecified atom stereocenters. The summed E-state index contributed by atoms with van der Waals surface area (Å²) in [6.07, 6.45) is 10.1. The molecule has 8 heteroatoms. The lowest BCUT2D eigenvalue weighted by Crippen LogP contribution is -2.34. The molecule has 0 aromatic carbocycles. The summed E-state index contributed by atoms with van der Waals surface area (Å²) in [5.74, 6) is 0.461. The lowest BCUT2D eigenvalue weighted by molar-refractivity contribution is 0.247. The van der Waals surface area contributed by atoms with E-state index in [1.54, 1.807) is 24.7 Å². The fourth-order valence-electron chi connectivity index (χ4n) is 3.98. The predicted octanol–water partition coefficient (Wildman–Crippen LogP) is 3.92. The molecule has 0 radical (unpaired) electrons. The zero-order chi connectivity index (χ0) is 20.5. The molecule has 1 aliphatic carbocycles. The smallest absolute Gasteiger partial charge is 0.320 e. The van der Waals surface area contributed by atoms with Crippen molar-refractivity contribution in [2.75, 3.05) is 5.32 Å². The number of carbonyl (C=O) groups excluding carboxylic acids is 1. The van der Waals surface area contributed by atoms with Gasteiger partial charge in [0, 0.05) is 47.5 Å². The molecule has 30 heavy (non-hydrogen) atoms. The number of carbonyl (C=O) groups is 1. The molecule has 0 bridgehead atoms. The summed E-state index contributed by atoms with van der Waals surface area (Å²) in [5.41, 5.74) is 5.84. The first-order chi connectivity index (χ1) is 14.7. The Morgan fingerprint density at radius 3 is 3.00 bits per heavy atom. The number of hydrogen-bond donors (Lipinski definition) is 3. The Balaban J connectivity index is 1.33. The van der Waals surface area contributed by atoms with E-state index in [4.69, 9.17) is 0 Å². The van der Waals surface area contributed by atoms with Gasteiger partial charge in [-0.2, -0.15) is 5.10 Å². The Labute approximate surface area is 173 Å². The van der Waals surface area contributed by atoms with Crippen molar-refractivity contribution < 1.29 is 4.79 Å². The number of anilines is 1. The molecule has 4 aromatic heterocycles. The van der Waals surface area contributed by atoms with Crippen molar-refractivity contribution in [2.45, 2.75) is 32.2 Å². The second-order valence-corrected chi connectivity index (χ2v) is 7.49. The van der Waals surface area contributed by atoms with Gasteiger partial charge in [-0.05, 0) is 55.5 Å². The average molecular weight is 399 g/mol. The molecule has 3 N–H and O–H groups in total. The molecular formula is C22H21N7O. The van der Waals surface area contributed by atoms with Crippen LogP contribution in [-0.2, 0) is 6.42 Å². The van der Waals surface area contributed by atoms with Crippen LogP contribution >= 0.6 is 0 Å². The van der Waals surface area contributed by atoms with Gasteiger partial charge in [0.2, 0.25) is 0 Å². The molecule has 0 spiro atoms. The van der Waals surface area contributed by atoms with E-state index in [0.29, 0.717) is 5.82 Å². The van der Waals surface area contributed by atoms with Crippen LogP contribution < -0.4 is 10.6 Å². The Morgan fingerprint density at radius 2 is 2.10 bits per heavy atom. The van der Waals surface area contributed by atoms with Crippen molar-refractivity contribution >= 4 is 22.8 Å². The Kier molecular flexibility index (Phi) is 4.59. The van der Waals surface area contributed by atoms with Gasteiger partial charge in [-0.3, -0.25) is 20.4 Å². The van der Waals surface area contributed by atoms with E-state index >= 15 is 0 Å². The molecule has 4 aromatic rings. The van der Waals surface area contributed by atoms with E-state index in [9.17, 15) is 4.79 Å². The van der Waals surface area contributed by atoms with Crippen molar-refractivity contribution in [3.63, 3.8) is 0 Å². The van der Waals surface area contributed by atoms with Gasteiger partial charge in [0.15, 0.2) is 0 Å². The third-order valence-corrected chi connectivity index (χ3v) is 5.42. The second-order valence-electron chi connectivity index (χ2n) is 7.49. The maximum Gasteiger partial charge on any atom is 0.320 e. The van der Waals surface area contributed by atoms with Crippen LogP contribution in [0.4, 0.5) is 10.6 Å². The minimum Gasteiger partial charge on any atom is -0.331 e. The second kappa shape index (κ2) is 7.55. The number of H-pyrrole nitrogens is 1. The molecular weight excluding hydrogens is 378 g/mol. The highest BCUT2D eigenvalue weighted by molar-refractivity contribution is 5.95. The van der Waals surface area contributed by atoms with Gasteiger partial charge in [0.1, 0.15) is 11.5 Å². The number of aromatic nitrogens is 5. The van der Waals surface area contributed by atoms with E-state index in [0.717, 1.165) is 52.7 Å². The normalized spacial score (nSPS) is 15.6. The fourth-order valence-corrected chi connectivity index (χ4v) is 3.98. The van der Waals surface area contributed by atoms with Gasteiger partial charge in [-0.1, -0.05) is 0 Å². The van der Waals surface area contributed by atoms with Crippen LogP contribution in [0.5, 0.6) is 0 Å². The number of fused-ring (bicyclic) bond motifs is 2. The van der Waals surface area contributed by atoms with Gasteiger partial charge >= 0.3 is 6.03 Å². The number of pyridine rings is 3. The summed E-state index contributed by atoms with van der Waals surface area (Å²) >= 11 is 0. The Morgan fingerprint density at radius 1 is 1.17 bits per heavy atom. The highest BCUT2D eigenvalue weighted by atomic mass is 16.2. The summed E-state index contributed by atoms with van der Waals surface area (Å²) < 4.78 is 0. The van der Waals surface area contributed by atoms with Gasteiger partial charge < -0.3 is 5.32 Å². The van der Waals surface area contributed by atoms with Gasteiger partial charge in [0.05, 0.1) is 11.6 Å². The summed E-state index contributed by atoms with van der Waals surface area (Å²) in [6, 6.07) is 7.38. The van der Waals surface area contributed by atoms with Crippen molar-refractivity contribution in [1.82, 2.24) is 30.5 Å². The lowest BCUT2D eigenvalue weighted by atomic mass is 9.89. The molecule has 0 saturated carbocycles. The Hall–Kier alpha value is -3.81. The lowest BCUT2D eigenvalue weighted by Gasteiger charge is -2.25. The molecule has 0 fully saturated rings. The van der Waals surface area contributed by atoms with E-state index in [2.05, 4.69) is 35.8 Å². The maximum atomic E-state index is 12.6. The minimum atomic E-state index is -0.284. The molecule has 8 nitrogen and oxygen atoms in total. The van der Waals surface area contributed by atoms with Gasteiger partial charge in [-0.25, -0.2) is 9.78 Å². The number of nitrogens with one attached hydrogen (secondary N) is 3. The van der Waals surface area contributed by atoms with Crippen molar-refractivity contribution in [3.8, 4) is 11.3 Å². The zero-order valence-electron chi connectivity index (χ0n) is 16.5. The Bertz CT molecular complexity index is 1230. The fraction of sp³-hybridized carbons (Fsp3) is 0.227. The van der Waals surface area contributed by atoms with Crippen LogP contribution in [0.2, 0.25) is 0 Å². The highest BCUT2D eigenvalue weighted by Gasteiger charge is 2.22. The molecule has 0 aliphatic heterocycles. The van der Waals surface area contributed by atoms with E-state index in [-0.39, 0.29) is 12.1 Å². The first-order valence-corrected chi connectivity index (χ1v) is 9.95. The van der Waals surface area contributed by atoms with Crippen LogP contribution in [0.3, 0.4) is 0 Å². The van der Waals surface area contributed by atoms with Crippen LogP contribution in [0, 0.1) is 6.92 Å². The standard InChI is InChI=1S/C22H21N7O/c1-13-9-15(6-8-24-13)21-17-12-25-20(10-19(17)28-29-21)27-22(30)26-18-4-2-3-14-5-7-23-11-16(14)18/h5-12,18H,2-4H2,1H3,(H,28,29)(H2,25,26,27,30)/t18-/m1/s1. The summed E-state index contributed by atoms with van der Waals surface area (Å²) in [4.78, 5) is 25.4. The molecule has 1 atom stereocenters. The highest BCUT2D eigenvalue weighted by Crippen LogP contribution is 2.29. The molecule has 0 saturated heterocycles. The van der Waals surface area contributed by atoms with Crippen LogP contribution in [-0.4, -0.2) is 31.2 Å². The summed E-state index contributed by atoms with van der Waals surface area (Å²) in [5, 5.41) is 14.2. The number of aromatic amines is 1. The number of aryl methyl sites for hydroxylation is 2. The van der Waals surface area contributed by atoms with E-state index in [1.165, 1.54) is 5.56 Å². The van der Waals surface area contributed by atoms with E-state index in [1.807, 2.05) is 31.3 Å². The third kappa shape index (κ3) is 3.47. The quantitative estimate of drug-likeness (QED) is 0.484. The zero-order valence-corrected chi connectivity index (χ0v) is 16.5. The van der Waals surface area contributed by atoms with Crippen LogP contribution in [0.15, 0.2) is 49.1 Å². The number of urea groups is 1. The van der Waals surface area contributed by atoms with Crippen molar-refractivity contribution in [2.24, 2.45) is 0 Å².